The quantitative estimate of drug-likeness (QED) is 0.800. The summed E-state index contributed by atoms with van der Waals surface area (Å²) in [5.74, 6) is -1.16. The molecule has 0 spiro atoms. The second-order valence-corrected chi connectivity index (χ2v) is 5.69. The fourth-order valence-corrected chi connectivity index (χ4v) is 2.39. The van der Waals surface area contributed by atoms with E-state index in [1.807, 2.05) is 13.8 Å². The fraction of sp³-hybridized carbons (Fsp3) is 0.429. The SMILES string of the molecule is CC1OCCC1(C)NC(=O)Nc1ccc(Cl)cc1C(=O)O. The number of carbonyl (C=O) groups excluding carboxylic acids is 1. The van der Waals surface area contributed by atoms with E-state index >= 15 is 0 Å². The molecule has 114 valence electrons. The molecule has 3 N–H and O–H groups in total. The lowest BCUT2D eigenvalue weighted by molar-refractivity contribution is 0.0698. The van der Waals surface area contributed by atoms with E-state index in [4.69, 9.17) is 21.4 Å². The molecule has 6 nitrogen and oxygen atoms in total. The van der Waals surface area contributed by atoms with E-state index in [1.165, 1.54) is 18.2 Å². The highest BCUT2D eigenvalue weighted by atomic mass is 35.5. The molecule has 1 aromatic carbocycles. The Labute approximate surface area is 127 Å². The normalized spacial score (nSPS) is 24.6. The topological polar surface area (TPSA) is 87.7 Å². The molecular formula is C14H17ClN2O4. The minimum Gasteiger partial charge on any atom is -0.478 e. The zero-order valence-electron chi connectivity index (χ0n) is 11.8. The average molecular weight is 313 g/mol. The largest absolute Gasteiger partial charge is 0.478 e. The minimum absolute atomic E-state index is 0.0569. The molecule has 1 aromatic rings. The van der Waals surface area contributed by atoms with Crippen LogP contribution < -0.4 is 10.6 Å². The van der Waals surface area contributed by atoms with Crippen molar-refractivity contribution >= 4 is 29.3 Å². The molecule has 2 rings (SSSR count). The van der Waals surface area contributed by atoms with Crippen LogP contribution in [0, 0.1) is 0 Å². The first-order chi connectivity index (χ1) is 9.82. The molecule has 0 saturated carbocycles. The number of amides is 2. The van der Waals surface area contributed by atoms with Crippen LogP contribution in [-0.4, -0.2) is 35.4 Å². The van der Waals surface area contributed by atoms with Crippen LogP contribution in [0.5, 0.6) is 0 Å². The standard InChI is InChI=1S/C14H17ClN2O4/c1-8-14(2,5-6-21-8)17-13(20)16-11-4-3-9(15)7-10(11)12(18)19/h3-4,7-8H,5-6H2,1-2H3,(H,18,19)(H2,16,17,20). The van der Waals surface area contributed by atoms with Gasteiger partial charge in [0.2, 0.25) is 0 Å². The van der Waals surface area contributed by atoms with E-state index < -0.39 is 17.5 Å². The Bertz CT molecular complexity index is 578. The summed E-state index contributed by atoms with van der Waals surface area (Å²) in [4.78, 5) is 23.2. The van der Waals surface area contributed by atoms with Crippen molar-refractivity contribution in [2.45, 2.75) is 31.9 Å². The van der Waals surface area contributed by atoms with Crippen LogP contribution in [0.4, 0.5) is 10.5 Å². The van der Waals surface area contributed by atoms with Crippen LogP contribution in [0.25, 0.3) is 0 Å². The minimum atomic E-state index is -1.16. The smallest absolute Gasteiger partial charge is 0.337 e. The predicted molar refractivity (Wildman–Crippen MR) is 79.0 cm³/mol. The number of benzene rings is 1. The van der Waals surface area contributed by atoms with Gasteiger partial charge in [0.05, 0.1) is 22.9 Å². The second kappa shape index (κ2) is 5.91. The summed E-state index contributed by atoms with van der Waals surface area (Å²) in [5, 5.41) is 14.8. The van der Waals surface area contributed by atoms with Crippen molar-refractivity contribution in [1.82, 2.24) is 5.32 Å². The van der Waals surface area contributed by atoms with Gasteiger partial charge in [-0.3, -0.25) is 0 Å². The van der Waals surface area contributed by atoms with E-state index in [2.05, 4.69) is 10.6 Å². The van der Waals surface area contributed by atoms with Gasteiger partial charge in [0.25, 0.3) is 0 Å². The number of halogens is 1. The van der Waals surface area contributed by atoms with Crippen LogP contribution >= 0.6 is 11.6 Å². The number of hydrogen-bond acceptors (Lipinski definition) is 3. The molecule has 1 fully saturated rings. The number of hydrogen-bond donors (Lipinski definition) is 3. The van der Waals surface area contributed by atoms with Gasteiger partial charge in [-0.15, -0.1) is 0 Å². The van der Waals surface area contributed by atoms with Crippen LogP contribution in [-0.2, 0) is 4.74 Å². The molecule has 0 radical (unpaired) electrons. The molecule has 0 aliphatic carbocycles. The van der Waals surface area contributed by atoms with E-state index in [1.54, 1.807) is 0 Å². The predicted octanol–water partition coefficient (Wildman–Crippen LogP) is 2.73. The van der Waals surface area contributed by atoms with Crippen molar-refractivity contribution in [3.8, 4) is 0 Å². The summed E-state index contributed by atoms with van der Waals surface area (Å²) in [7, 11) is 0. The van der Waals surface area contributed by atoms with Crippen molar-refractivity contribution in [2.24, 2.45) is 0 Å². The third kappa shape index (κ3) is 3.46. The third-order valence-corrected chi connectivity index (χ3v) is 3.98. The number of carboxylic acid groups (broad SMARTS) is 1. The van der Waals surface area contributed by atoms with Crippen molar-refractivity contribution in [3.63, 3.8) is 0 Å². The maximum Gasteiger partial charge on any atom is 0.337 e. The highest BCUT2D eigenvalue weighted by Gasteiger charge is 2.38. The Balaban J connectivity index is 2.11. The van der Waals surface area contributed by atoms with Gasteiger partial charge in [0.15, 0.2) is 0 Å². The molecule has 2 amide bonds. The summed E-state index contributed by atoms with van der Waals surface area (Å²) in [5.41, 5.74) is -0.335. The van der Waals surface area contributed by atoms with Gasteiger partial charge in [-0.25, -0.2) is 9.59 Å². The molecule has 1 aliphatic heterocycles. The van der Waals surface area contributed by atoms with E-state index in [9.17, 15) is 9.59 Å². The Morgan fingerprint density at radius 2 is 2.19 bits per heavy atom. The second-order valence-electron chi connectivity index (χ2n) is 5.25. The molecule has 1 heterocycles. The molecule has 0 bridgehead atoms. The van der Waals surface area contributed by atoms with Gasteiger partial charge in [0.1, 0.15) is 0 Å². The number of urea groups is 1. The lowest BCUT2D eigenvalue weighted by atomic mass is 9.95. The lowest BCUT2D eigenvalue weighted by Crippen LogP contribution is -2.52. The number of aromatic carboxylic acids is 1. The highest BCUT2D eigenvalue weighted by molar-refractivity contribution is 6.31. The molecule has 7 heteroatoms. The summed E-state index contributed by atoms with van der Waals surface area (Å²) in [6.45, 7) is 4.36. The van der Waals surface area contributed by atoms with Gasteiger partial charge in [-0.05, 0) is 38.5 Å². The maximum atomic E-state index is 12.1. The number of carboxylic acids is 1. The number of nitrogens with one attached hydrogen (secondary N) is 2. The summed E-state index contributed by atoms with van der Waals surface area (Å²) in [6, 6.07) is 3.80. The summed E-state index contributed by atoms with van der Waals surface area (Å²) >= 11 is 5.77. The molecule has 1 saturated heterocycles. The monoisotopic (exact) mass is 312 g/mol. The first-order valence-corrected chi connectivity index (χ1v) is 6.93. The maximum absolute atomic E-state index is 12.1. The Morgan fingerprint density at radius 1 is 1.48 bits per heavy atom. The van der Waals surface area contributed by atoms with Gasteiger partial charge in [0, 0.05) is 11.6 Å². The number of ether oxygens (including phenoxy) is 1. The van der Waals surface area contributed by atoms with Crippen LogP contribution in [0.1, 0.15) is 30.6 Å². The Morgan fingerprint density at radius 3 is 2.76 bits per heavy atom. The van der Waals surface area contributed by atoms with Gasteiger partial charge < -0.3 is 20.5 Å². The molecule has 21 heavy (non-hydrogen) atoms. The van der Waals surface area contributed by atoms with E-state index in [0.29, 0.717) is 18.1 Å². The van der Waals surface area contributed by atoms with Crippen molar-refractivity contribution < 1.29 is 19.4 Å². The zero-order valence-corrected chi connectivity index (χ0v) is 12.5. The van der Waals surface area contributed by atoms with Crippen molar-refractivity contribution in [3.05, 3.63) is 28.8 Å². The number of rotatable bonds is 3. The first-order valence-electron chi connectivity index (χ1n) is 6.55. The Kier molecular flexibility index (Phi) is 4.39. The average Bonchev–Trinajstić information content (AvgIpc) is 2.71. The van der Waals surface area contributed by atoms with Crippen molar-refractivity contribution in [2.75, 3.05) is 11.9 Å². The molecule has 0 aromatic heterocycles. The van der Waals surface area contributed by atoms with E-state index in [0.717, 1.165) is 0 Å². The molecule has 2 unspecified atom stereocenters. The van der Waals surface area contributed by atoms with Crippen molar-refractivity contribution in [1.29, 1.82) is 0 Å². The highest BCUT2D eigenvalue weighted by Crippen LogP contribution is 2.26. The lowest BCUT2D eigenvalue weighted by Gasteiger charge is -2.29. The van der Waals surface area contributed by atoms with E-state index in [-0.39, 0.29) is 17.4 Å². The molecule has 2 atom stereocenters. The molecular weight excluding hydrogens is 296 g/mol. The molecule has 1 aliphatic rings. The number of anilines is 1. The summed E-state index contributed by atoms with van der Waals surface area (Å²) in [6.07, 6.45) is 0.598. The zero-order chi connectivity index (χ0) is 15.6. The van der Waals surface area contributed by atoms with Gasteiger partial charge in [-0.2, -0.15) is 0 Å². The van der Waals surface area contributed by atoms with Gasteiger partial charge >= 0.3 is 12.0 Å². The third-order valence-electron chi connectivity index (χ3n) is 3.75. The fourth-order valence-electron chi connectivity index (χ4n) is 2.21. The van der Waals surface area contributed by atoms with Crippen LogP contribution in [0.2, 0.25) is 5.02 Å². The number of carbonyl (C=O) groups is 2. The first kappa shape index (κ1) is 15.6. The van der Waals surface area contributed by atoms with Gasteiger partial charge in [-0.1, -0.05) is 11.6 Å². The van der Waals surface area contributed by atoms with Crippen LogP contribution in [0.3, 0.4) is 0 Å². The Hall–Kier alpha value is -1.79. The van der Waals surface area contributed by atoms with Crippen LogP contribution in [0.15, 0.2) is 18.2 Å². The summed E-state index contributed by atoms with van der Waals surface area (Å²) < 4.78 is 5.44.